The molecule has 0 saturated heterocycles. The predicted molar refractivity (Wildman–Crippen MR) is 94.3 cm³/mol. The number of terminal acetylenes is 1. The van der Waals surface area contributed by atoms with E-state index in [-0.39, 0.29) is 4.75 Å². The van der Waals surface area contributed by atoms with Gasteiger partial charge in [-0.1, -0.05) is 50.8 Å². The molecule has 3 heteroatoms. The van der Waals surface area contributed by atoms with Gasteiger partial charge >= 0.3 is 0 Å². The minimum atomic E-state index is 0.212. The molecule has 0 unspecified atom stereocenters. The normalized spacial score (nSPS) is 13.0. The molecule has 0 aromatic carbocycles. The molecule has 2 nitrogen and oxygen atoms in total. The first kappa shape index (κ1) is 23.4. The van der Waals surface area contributed by atoms with Crippen LogP contribution >= 0.6 is 11.9 Å². The molecular formula is C17H27NOS. The standard InChI is InChI=1S/C11H15NOS.C2H6.C2H4.C2H2/c1-3-4-5-10(2)8-11(6-7-11)14-12-9-13;3*1-2/h3-5,9H,1-2,6-8H2,(H,12,13);1-2H3;1-2H2;1-2H/b5-4-;;;. The van der Waals surface area contributed by atoms with Crippen LogP contribution in [0.15, 0.2) is 50.1 Å². The fourth-order valence-corrected chi connectivity index (χ4v) is 2.14. The van der Waals surface area contributed by atoms with Crippen molar-refractivity contribution in [3.05, 3.63) is 50.1 Å². The van der Waals surface area contributed by atoms with Gasteiger partial charge in [0.2, 0.25) is 6.41 Å². The van der Waals surface area contributed by atoms with Gasteiger partial charge in [-0.15, -0.1) is 26.0 Å². The number of allylic oxidation sites excluding steroid dienone is 4. The molecular weight excluding hydrogens is 266 g/mol. The second-order valence-electron chi connectivity index (χ2n) is 3.45. The molecule has 0 bridgehead atoms. The summed E-state index contributed by atoms with van der Waals surface area (Å²) in [5.41, 5.74) is 1.09. The number of rotatable bonds is 7. The van der Waals surface area contributed by atoms with Crippen LogP contribution in [-0.4, -0.2) is 11.2 Å². The molecule has 0 spiro atoms. The smallest absolute Gasteiger partial charge is 0.216 e. The second kappa shape index (κ2) is 17.3. The van der Waals surface area contributed by atoms with Crippen LogP contribution in [0.25, 0.3) is 0 Å². The monoisotopic (exact) mass is 293 g/mol. The van der Waals surface area contributed by atoms with Crippen LogP contribution in [0, 0.1) is 12.8 Å². The van der Waals surface area contributed by atoms with Crippen molar-refractivity contribution in [2.45, 2.75) is 37.9 Å². The predicted octanol–water partition coefficient (Wildman–Crippen LogP) is 4.68. The SMILES string of the molecule is C#C.C=C.C=C/C=C\C(=C)CC1(SNC=O)CC1.CC. The maximum atomic E-state index is 10.2. The van der Waals surface area contributed by atoms with Crippen molar-refractivity contribution >= 4 is 18.4 Å². The van der Waals surface area contributed by atoms with E-state index in [1.54, 1.807) is 6.08 Å². The average molecular weight is 293 g/mol. The summed E-state index contributed by atoms with van der Waals surface area (Å²) in [6, 6.07) is 0. The molecule has 1 fully saturated rings. The molecule has 1 amide bonds. The van der Waals surface area contributed by atoms with E-state index in [9.17, 15) is 4.79 Å². The van der Waals surface area contributed by atoms with E-state index in [2.05, 4.69) is 43.9 Å². The molecule has 1 N–H and O–H groups in total. The molecule has 0 radical (unpaired) electrons. The fourth-order valence-electron chi connectivity index (χ4n) is 1.28. The van der Waals surface area contributed by atoms with Gasteiger partial charge in [0.25, 0.3) is 0 Å². The Morgan fingerprint density at radius 2 is 1.85 bits per heavy atom. The first-order valence-electron chi connectivity index (χ1n) is 6.40. The maximum absolute atomic E-state index is 10.2. The van der Waals surface area contributed by atoms with Crippen LogP contribution in [0.1, 0.15) is 33.1 Å². The van der Waals surface area contributed by atoms with E-state index in [4.69, 9.17) is 0 Å². The molecule has 0 aliphatic heterocycles. The first-order chi connectivity index (χ1) is 9.72. The quantitative estimate of drug-likeness (QED) is 0.243. The Morgan fingerprint density at radius 1 is 1.35 bits per heavy atom. The Bertz CT molecular complexity index is 314. The largest absolute Gasteiger partial charge is 0.302 e. The third kappa shape index (κ3) is 12.8. The van der Waals surface area contributed by atoms with Crippen LogP contribution in [0.2, 0.25) is 0 Å². The molecule has 0 aromatic rings. The minimum Gasteiger partial charge on any atom is -0.302 e. The summed E-state index contributed by atoms with van der Waals surface area (Å²) in [4.78, 5) is 10.2. The Hall–Kier alpha value is -1.66. The van der Waals surface area contributed by atoms with Gasteiger partial charge in [-0.3, -0.25) is 4.79 Å². The number of amides is 1. The number of carbonyl (C=O) groups is 1. The lowest BCUT2D eigenvalue weighted by Crippen LogP contribution is -2.12. The lowest BCUT2D eigenvalue weighted by molar-refractivity contribution is -0.107. The van der Waals surface area contributed by atoms with Crippen molar-refractivity contribution in [3.8, 4) is 12.8 Å². The van der Waals surface area contributed by atoms with Crippen LogP contribution in [0.5, 0.6) is 0 Å². The third-order valence-corrected chi connectivity index (χ3v) is 3.35. The Kier molecular flexibility index (Phi) is 20.3. The van der Waals surface area contributed by atoms with Crippen molar-refractivity contribution < 1.29 is 4.79 Å². The zero-order chi connectivity index (χ0) is 16.4. The summed E-state index contributed by atoms with van der Waals surface area (Å²) in [5.74, 6) is 0. The highest BCUT2D eigenvalue weighted by atomic mass is 32.2. The van der Waals surface area contributed by atoms with E-state index in [1.807, 2.05) is 26.0 Å². The van der Waals surface area contributed by atoms with E-state index in [0.717, 1.165) is 31.2 Å². The van der Waals surface area contributed by atoms with E-state index in [0.29, 0.717) is 0 Å². The van der Waals surface area contributed by atoms with Crippen molar-refractivity contribution in [1.82, 2.24) is 4.72 Å². The van der Waals surface area contributed by atoms with Gasteiger partial charge in [0.1, 0.15) is 0 Å². The summed E-state index contributed by atoms with van der Waals surface area (Å²) in [6.07, 6.45) is 17.6. The van der Waals surface area contributed by atoms with Crippen LogP contribution in [-0.2, 0) is 4.79 Å². The van der Waals surface area contributed by atoms with Crippen LogP contribution < -0.4 is 4.72 Å². The van der Waals surface area contributed by atoms with Gasteiger partial charge in [-0.25, -0.2) is 0 Å². The lowest BCUT2D eigenvalue weighted by atomic mass is 10.1. The number of nitrogens with one attached hydrogen (secondary N) is 1. The van der Waals surface area contributed by atoms with Gasteiger partial charge in [0.15, 0.2) is 0 Å². The molecule has 112 valence electrons. The number of hydrogen-bond acceptors (Lipinski definition) is 2. The highest BCUT2D eigenvalue weighted by Gasteiger charge is 2.43. The van der Waals surface area contributed by atoms with Gasteiger partial charge in [-0.2, -0.15) is 0 Å². The molecule has 0 aromatic heterocycles. The molecule has 0 atom stereocenters. The van der Waals surface area contributed by atoms with Crippen LogP contribution in [0.4, 0.5) is 0 Å². The average Bonchev–Trinajstić information content (AvgIpc) is 3.29. The molecule has 1 rings (SSSR count). The van der Waals surface area contributed by atoms with Gasteiger partial charge in [0.05, 0.1) is 0 Å². The second-order valence-corrected chi connectivity index (χ2v) is 4.76. The lowest BCUT2D eigenvalue weighted by Gasteiger charge is -2.12. The van der Waals surface area contributed by atoms with E-state index >= 15 is 0 Å². The molecule has 1 aliphatic rings. The van der Waals surface area contributed by atoms with Crippen molar-refractivity contribution in [2.75, 3.05) is 0 Å². The maximum Gasteiger partial charge on any atom is 0.216 e. The number of hydrogen-bond donors (Lipinski definition) is 1. The zero-order valence-corrected chi connectivity index (χ0v) is 13.5. The highest BCUT2D eigenvalue weighted by Crippen LogP contribution is 2.51. The summed E-state index contributed by atoms with van der Waals surface area (Å²) in [5, 5.41) is 0. The molecule has 1 saturated carbocycles. The van der Waals surface area contributed by atoms with E-state index in [1.165, 1.54) is 11.9 Å². The Labute approximate surface area is 129 Å². The summed E-state index contributed by atoms with van der Waals surface area (Å²) in [7, 11) is 0. The minimum absolute atomic E-state index is 0.212. The van der Waals surface area contributed by atoms with Crippen molar-refractivity contribution in [3.63, 3.8) is 0 Å². The Balaban J connectivity index is -0.000000425. The third-order valence-electron chi connectivity index (χ3n) is 2.15. The van der Waals surface area contributed by atoms with Gasteiger partial charge < -0.3 is 4.72 Å². The summed E-state index contributed by atoms with van der Waals surface area (Å²) < 4.78 is 2.88. The number of carbonyl (C=O) groups excluding carboxylic acids is 1. The Morgan fingerprint density at radius 3 is 2.20 bits per heavy atom. The fraction of sp³-hybridized carbons (Fsp3) is 0.353. The van der Waals surface area contributed by atoms with Crippen molar-refractivity contribution in [1.29, 1.82) is 0 Å². The van der Waals surface area contributed by atoms with Gasteiger partial charge in [0, 0.05) is 4.75 Å². The first-order valence-corrected chi connectivity index (χ1v) is 7.21. The molecule has 20 heavy (non-hydrogen) atoms. The summed E-state index contributed by atoms with van der Waals surface area (Å²) in [6.45, 7) is 17.6. The topological polar surface area (TPSA) is 29.1 Å². The van der Waals surface area contributed by atoms with Crippen LogP contribution in [0.3, 0.4) is 0 Å². The molecule has 1 aliphatic carbocycles. The zero-order valence-electron chi connectivity index (χ0n) is 12.7. The molecule has 0 heterocycles. The van der Waals surface area contributed by atoms with Crippen molar-refractivity contribution in [2.24, 2.45) is 0 Å². The summed E-state index contributed by atoms with van der Waals surface area (Å²) >= 11 is 1.51. The van der Waals surface area contributed by atoms with E-state index < -0.39 is 0 Å². The highest BCUT2D eigenvalue weighted by molar-refractivity contribution is 7.99. The van der Waals surface area contributed by atoms with Gasteiger partial charge in [-0.05, 0) is 31.2 Å².